The Labute approximate surface area is 178 Å². The molecular formula is C21H21ClN4O4. The molecule has 0 fully saturated rings. The van der Waals surface area contributed by atoms with E-state index in [0.717, 1.165) is 11.3 Å². The molecule has 0 radical (unpaired) electrons. The largest absolute Gasteiger partial charge is 0.497 e. The van der Waals surface area contributed by atoms with E-state index in [2.05, 4.69) is 20.8 Å². The zero-order valence-corrected chi connectivity index (χ0v) is 17.1. The molecule has 0 aliphatic carbocycles. The molecule has 0 spiro atoms. The van der Waals surface area contributed by atoms with E-state index in [1.165, 1.54) is 0 Å². The molecule has 0 unspecified atom stereocenters. The highest BCUT2D eigenvalue weighted by molar-refractivity contribution is 6.30. The molecule has 8 nitrogen and oxygen atoms in total. The van der Waals surface area contributed by atoms with E-state index in [9.17, 15) is 9.59 Å². The summed E-state index contributed by atoms with van der Waals surface area (Å²) >= 11 is 5.80. The van der Waals surface area contributed by atoms with E-state index in [-0.39, 0.29) is 24.8 Å². The highest BCUT2D eigenvalue weighted by atomic mass is 35.5. The number of aromatic nitrogens is 2. The van der Waals surface area contributed by atoms with Gasteiger partial charge in [0.25, 0.3) is 0 Å². The number of rotatable bonds is 9. The van der Waals surface area contributed by atoms with Crippen LogP contribution in [0.2, 0.25) is 5.02 Å². The number of carbonyl (C=O) groups excluding carboxylic acids is 2. The number of hydrogen-bond donors (Lipinski definition) is 2. The van der Waals surface area contributed by atoms with Crippen molar-refractivity contribution in [2.24, 2.45) is 0 Å². The van der Waals surface area contributed by atoms with Crippen molar-refractivity contribution in [3.63, 3.8) is 0 Å². The van der Waals surface area contributed by atoms with Crippen LogP contribution in [0.25, 0.3) is 11.4 Å². The van der Waals surface area contributed by atoms with Crippen molar-refractivity contribution in [3.05, 3.63) is 59.4 Å². The molecule has 156 valence electrons. The maximum Gasteiger partial charge on any atom is 0.243 e. The Kier molecular flexibility index (Phi) is 7.40. The number of aryl methyl sites for hydroxylation is 1. The van der Waals surface area contributed by atoms with E-state index < -0.39 is 0 Å². The fourth-order valence-corrected chi connectivity index (χ4v) is 2.75. The third-order valence-electron chi connectivity index (χ3n) is 4.18. The van der Waals surface area contributed by atoms with Crippen molar-refractivity contribution in [2.45, 2.75) is 19.3 Å². The van der Waals surface area contributed by atoms with Gasteiger partial charge in [0.15, 0.2) is 0 Å². The molecule has 30 heavy (non-hydrogen) atoms. The summed E-state index contributed by atoms with van der Waals surface area (Å²) in [4.78, 5) is 28.1. The predicted molar refractivity (Wildman–Crippen MR) is 112 cm³/mol. The minimum Gasteiger partial charge on any atom is -0.497 e. The maximum absolute atomic E-state index is 11.9. The standard InChI is InChI=1S/C21H21ClN4O4/c1-29-17-11-5-14(6-12-17)21-25-20(30-26-21)4-2-3-18(27)23-13-19(28)24-16-9-7-15(22)8-10-16/h5-12H,2-4,13H2,1H3,(H,23,27)(H,24,28). The molecule has 9 heteroatoms. The number of methoxy groups -OCH3 is 1. The summed E-state index contributed by atoms with van der Waals surface area (Å²) in [5.74, 6) is 1.14. The SMILES string of the molecule is COc1ccc(-c2noc(CCCC(=O)NCC(=O)Nc3ccc(Cl)cc3)n2)cc1. The molecule has 2 amide bonds. The first-order valence-electron chi connectivity index (χ1n) is 9.32. The number of benzene rings is 2. The summed E-state index contributed by atoms with van der Waals surface area (Å²) in [5, 5.41) is 9.80. The van der Waals surface area contributed by atoms with Gasteiger partial charge in [-0.15, -0.1) is 0 Å². The first-order chi connectivity index (χ1) is 14.5. The van der Waals surface area contributed by atoms with Gasteiger partial charge in [-0.2, -0.15) is 4.98 Å². The first-order valence-corrected chi connectivity index (χ1v) is 9.70. The second-order valence-corrected chi connectivity index (χ2v) is 6.86. The Bertz CT molecular complexity index is 987. The summed E-state index contributed by atoms with van der Waals surface area (Å²) in [6, 6.07) is 14.0. The van der Waals surface area contributed by atoms with Crippen LogP contribution in [0.15, 0.2) is 53.1 Å². The molecule has 1 aromatic heterocycles. The van der Waals surface area contributed by atoms with Gasteiger partial charge < -0.3 is 19.9 Å². The third kappa shape index (κ3) is 6.31. The lowest BCUT2D eigenvalue weighted by molar-refractivity contribution is -0.124. The van der Waals surface area contributed by atoms with Crippen molar-refractivity contribution in [1.29, 1.82) is 0 Å². The van der Waals surface area contributed by atoms with Gasteiger partial charge in [-0.3, -0.25) is 9.59 Å². The van der Waals surface area contributed by atoms with Crippen molar-refractivity contribution in [2.75, 3.05) is 19.0 Å². The van der Waals surface area contributed by atoms with E-state index in [0.29, 0.717) is 35.3 Å². The monoisotopic (exact) mass is 428 g/mol. The van der Waals surface area contributed by atoms with Crippen LogP contribution in [0.5, 0.6) is 5.75 Å². The summed E-state index contributed by atoms with van der Waals surface area (Å²) in [5.41, 5.74) is 1.43. The molecule has 1 heterocycles. The Hall–Kier alpha value is -3.39. The van der Waals surface area contributed by atoms with E-state index in [4.69, 9.17) is 20.9 Å². The van der Waals surface area contributed by atoms with Crippen molar-refractivity contribution in [3.8, 4) is 17.1 Å². The molecule has 3 aromatic rings. The average Bonchev–Trinajstić information content (AvgIpc) is 3.23. The number of ether oxygens (including phenoxy) is 1. The van der Waals surface area contributed by atoms with E-state index in [1.807, 2.05) is 24.3 Å². The second-order valence-electron chi connectivity index (χ2n) is 6.43. The lowest BCUT2D eigenvalue weighted by atomic mass is 10.2. The fraction of sp³-hybridized carbons (Fsp3) is 0.238. The normalized spacial score (nSPS) is 10.5. The van der Waals surface area contributed by atoms with Crippen LogP contribution in [0.3, 0.4) is 0 Å². The third-order valence-corrected chi connectivity index (χ3v) is 4.44. The summed E-state index contributed by atoms with van der Waals surface area (Å²) in [6.45, 7) is -0.108. The van der Waals surface area contributed by atoms with Gasteiger partial charge in [0.05, 0.1) is 13.7 Å². The van der Waals surface area contributed by atoms with E-state index >= 15 is 0 Å². The van der Waals surface area contributed by atoms with Crippen molar-refractivity contribution >= 4 is 29.1 Å². The molecule has 0 aliphatic heterocycles. The Morgan fingerprint density at radius 2 is 1.80 bits per heavy atom. The highest BCUT2D eigenvalue weighted by Crippen LogP contribution is 2.20. The van der Waals surface area contributed by atoms with Gasteiger partial charge >= 0.3 is 0 Å². The lowest BCUT2D eigenvalue weighted by Crippen LogP contribution is -2.32. The zero-order valence-electron chi connectivity index (χ0n) is 16.4. The van der Waals surface area contributed by atoms with Crippen LogP contribution < -0.4 is 15.4 Å². The Morgan fingerprint density at radius 3 is 2.50 bits per heavy atom. The van der Waals surface area contributed by atoms with Crippen LogP contribution in [-0.4, -0.2) is 35.6 Å². The lowest BCUT2D eigenvalue weighted by Gasteiger charge is -2.06. The van der Waals surface area contributed by atoms with Gasteiger partial charge in [-0.25, -0.2) is 0 Å². The second kappa shape index (κ2) is 10.4. The Balaban J connectivity index is 1.37. The minimum absolute atomic E-state index is 0.108. The smallest absolute Gasteiger partial charge is 0.243 e. The molecular weight excluding hydrogens is 408 g/mol. The number of anilines is 1. The van der Waals surface area contributed by atoms with Gasteiger partial charge in [0.2, 0.25) is 23.5 Å². The molecule has 3 rings (SSSR count). The average molecular weight is 429 g/mol. The molecule has 2 aromatic carbocycles. The molecule has 0 saturated heterocycles. The maximum atomic E-state index is 11.9. The van der Waals surface area contributed by atoms with Crippen LogP contribution in [0.1, 0.15) is 18.7 Å². The molecule has 0 atom stereocenters. The first kappa shape index (κ1) is 21.3. The van der Waals surface area contributed by atoms with Crippen LogP contribution in [0, 0.1) is 0 Å². The molecule has 0 bridgehead atoms. The van der Waals surface area contributed by atoms with Crippen LogP contribution >= 0.6 is 11.6 Å². The predicted octanol–water partition coefficient (Wildman–Crippen LogP) is 3.48. The van der Waals surface area contributed by atoms with Crippen molar-refractivity contribution in [1.82, 2.24) is 15.5 Å². The molecule has 2 N–H and O–H groups in total. The number of nitrogens with one attached hydrogen (secondary N) is 2. The van der Waals surface area contributed by atoms with E-state index in [1.54, 1.807) is 31.4 Å². The number of nitrogens with zero attached hydrogens (tertiary/aromatic N) is 2. The minimum atomic E-state index is -0.313. The number of halogens is 1. The molecule has 0 aliphatic rings. The van der Waals surface area contributed by atoms with Gasteiger partial charge in [0, 0.05) is 29.1 Å². The fourth-order valence-electron chi connectivity index (χ4n) is 2.62. The number of amides is 2. The van der Waals surface area contributed by atoms with Crippen LogP contribution in [-0.2, 0) is 16.0 Å². The Morgan fingerprint density at radius 1 is 1.07 bits per heavy atom. The van der Waals surface area contributed by atoms with Gasteiger partial charge in [0.1, 0.15) is 5.75 Å². The van der Waals surface area contributed by atoms with Crippen LogP contribution in [0.4, 0.5) is 5.69 Å². The summed E-state index contributed by atoms with van der Waals surface area (Å²) in [6.07, 6.45) is 1.23. The highest BCUT2D eigenvalue weighted by Gasteiger charge is 2.11. The summed E-state index contributed by atoms with van der Waals surface area (Å²) < 4.78 is 10.4. The summed E-state index contributed by atoms with van der Waals surface area (Å²) in [7, 11) is 1.60. The van der Waals surface area contributed by atoms with Gasteiger partial charge in [-0.1, -0.05) is 16.8 Å². The number of carbonyl (C=O) groups is 2. The zero-order chi connectivity index (χ0) is 21.3. The number of hydrogen-bond acceptors (Lipinski definition) is 6. The van der Waals surface area contributed by atoms with Gasteiger partial charge in [-0.05, 0) is 55.0 Å². The quantitative estimate of drug-likeness (QED) is 0.540. The topological polar surface area (TPSA) is 106 Å². The molecule has 0 saturated carbocycles. The van der Waals surface area contributed by atoms with Crippen molar-refractivity contribution < 1.29 is 18.8 Å².